The van der Waals surface area contributed by atoms with Crippen LogP contribution in [0.1, 0.15) is 28.5 Å². The third-order valence-corrected chi connectivity index (χ3v) is 4.87. The van der Waals surface area contributed by atoms with Gasteiger partial charge in [-0.3, -0.25) is 0 Å². The van der Waals surface area contributed by atoms with E-state index in [4.69, 9.17) is 9.84 Å². The zero-order valence-corrected chi connectivity index (χ0v) is 14.8. The van der Waals surface area contributed by atoms with E-state index in [2.05, 4.69) is 22.6 Å². The van der Waals surface area contributed by atoms with Crippen molar-refractivity contribution in [2.24, 2.45) is 0 Å². The molecule has 0 spiro atoms. The zero-order valence-electron chi connectivity index (χ0n) is 12.6. The van der Waals surface area contributed by atoms with E-state index >= 15 is 0 Å². The Kier molecular flexibility index (Phi) is 4.41. The van der Waals surface area contributed by atoms with Gasteiger partial charge in [-0.15, -0.1) is 0 Å². The van der Waals surface area contributed by atoms with Crippen LogP contribution in [0.5, 0.6) is 0 Å². The Balaban J connectivity index is 2.20. The average molecular weight is 422 g/mol. The Hall–Kier alpha value is -1.86. The second kappa shape index (κ2) is 6.33. The lowest BCUT2D eigenvalue weighted by atomic mass is 10.1. The number of fused-ring (bicyclic) bond motifs is 1. The minimum Gasteiger partial charge on any atom is -0.462 e. The number of carbonyl (C=O) groups is 1. The SMILES string of the molecule is CCOC(=O)c1cc(C([OH2+])(I)c2ccccc2)n2ccccc12. The van der Waals surface area contributed by atoms with E-state index in [9.17, 15) is 4.79 Å². The van der Waals surface area contributed by atoms with Gasteiger partial charge in [-0.1, -0.05) is 24.3 Å². The van der Waals surface area contributed by atoms with E-state index in [1.807, 2.05) is 59.1 Å². The summed E-state index contributed by atoms with van der Waals surface area (Å²) in [6, 6.07) is 17.0. The van der Waals surface area contributed by atoms with Gasteiger partial charge in [0.15, 0.2) is 0 Å². The molecule has 1 atom stereocenters. The van der Waals surface area contributed by atoms with Gasteiger partial charge in [-0.25, -0.2) is 4.79 Å². The van der Waals surface area contributed by atoms with Gasteiger partial charge in [-0.05, 0) is 37.3 Å². The average Bonchev–Trinajstić information content (AvgIpc) is 2.96. The van der Waals surface area contributed by atoms with Crippen LogP contribution in [0, 0.1) is 0 Å². The fraction of sp³-hybridized carbons (Fsp3) is 0.167. The van der Waals surface area contributed by atoms with Crippen LogP contribution < -0.4 is 0 Å². The molecule has 118 valence electrons. The fourth-order valence-electron chi connectivity index (χ4n) is 2.61. The maximum Gasteiger partial charge on any atom is 0.340 e. The van der Waals surface area contributed by atoms with E-state index in [0.717, 1.165) is 16.8 Å². The summed E-state index contributed by atoms with van der Waals surface area (Å²) in [5.41, 5.74) is 2.83. The summed E-state index contributed by atoms with van der Waals surface area (Å²) < 4.78 is 6.03. The summed E-state index contributed by atoms with van der Waals surface area (Å²) in [5.74, 6) is -0.359. The molecule has 0 saturated heterocycles. The van der Waals surface area contributed by atoms with Gasteiger partial charge >= 0.3 is 5.97 Å². The Bertz CT molecular complexity index is 840. The molecular weight excluding hydrogens is 405 g/mol. The number of esters is 1. The molecule has 5 heteroatoms. The summed E-state index contributed by atoms with van der Waals surface area (Å²) in [7, 11) is 0. The number of nitrogens with zero attached hydrogens (tertiary/aromatic N) is 1. The molecule has 2 heterocycles. The molecule has 0 fully saturated rings. The molecule has 0 radical (unpaired) electrons. The van der Waals surface area contributed by atoms with Crippen LogP contribution in [0.15, 0.2) is 60.8 Å². The standard InChI is InChI=1S/C18H16INO3/c1-2-23-17(21)14-12-16(20-11-7-6-10-15(14)20)18(19,22)13-8-4-3-5-9-13/h3-12,22H,2H2,1H3/p+1. The molecule has 0 aliphatic rings. The van der Waals surface area contributed by atoms with Crippen LogP contribution in [0.4, 0.5) is 0 Å². The van der Waals surface area contributed by atoms with Crippen molar-refractivity contribution >= 4 is 34.1 Å². The first-order chi connectivity index (χ1) is 11.1. The van der Waals surface area contributed by atoms with Crippen molar-refractivity contribution in [2.75, 3.05) is 6.61 Å². The lowest BCUT2D eigenvalue weighted by Gasteiger charge is -2.17. The van der Waals surface area contributed by atoms with E-state index in [-0.39, 0.29) is 5.97 Å². The summed E-state index contributed by atoms with van der Waals surface area (Å²) in [6.07, 6.45) is 1.87. The van der Waals surface area contributed by atoms with E-state index in [0.29, 0.717) is 12.2 Å². The van der Waals surface area contributed by atoms with E-state index in [1.165, 1.54) is 0 Å². The molecule has 3 aromatic rings. The Morgan fingerprint density at radius 3 is 2.61 bits per heavy atom. The van der Waals surface area contributed by atoms with Crippen LogP contribution >= 0.6 is 22.6 Å². The normalized spacial score (nSPS) is 13.7. The van der Waals surface area contributed by atoms with Crippen LogP contribution in [0.2, 0.25) is 0 Å². The molecule has 0 amide bonds. The Labute approximate surface area is 147 Å². The number of ether oxygens (including phenoxy) is 1. The highest BCUT2D eigenvalue weighted by Crippen LogP contribution is 2.38. The fourth-order valence-corrected chi connectivity index (χ4v) is 3.38. The number of hydrogen-bond acceptors (Lipinski definition) is 2. The summed E-state index contributed by atoms with van der Waals surface area (Å²) in [4.78, 5) is 12.2. The van der Waals surface area contributed by atoms with Crippen LogP contribution in [0.25, 0.3) is 5.52 Å². The summed E-state index contributed by atoms with van der Waals surface area (Å²) >= 11 is 2.11. The van der Waals surface area contributed by atoms with Gasteiger partial charge in [-0.2, -0.15) is 0 Å². The van der Waals surface area contributed by atoms with Crippen molar-refractivity contribution in [3.63, 3.8) is 0 Å². The topological polar surface area (TPSA) is 53.6 Å². The Morgan fingerprint density at radius 2 is 1.91 bits per heavy atom. The lowest BCUT2D eigenvalue weighted by molar-refractivity contribution is 0.0528. The first-order valence-corrected chi connectivity index (χ1v) is 8.40. The van der Waals surface area contributed by atoms with E-state index < -0.39 is 3.61 Å². The maximum absolute atomic E-state index is 12.2. The third kappa shape index (κ3) is 2.86. The molecule has 1 unspecified atom stereocenters. The van der Waals surface area contributed by atoms with Crippen molar-refractivity contribution in [1.82, 2.24) is 4.40 Å². The molecule has 0 aliphatic heterocycles. The maximum atomic E-state index is 12.2. The number of rotatable bonds is 4. The molecule has 23 heavy (non-hydrogen) atoms. The molecule has 0 aliphatic carbocycles. The smallest absolute Gasteiger partial charge is 0.340 e. The van der Waals surface area contributed by atoms with Crippen molar-refractivity contribution < 1.29 is 14.6 Å². The van der Waals surface area contributed by atoms with Gasteiger partial charge in [0.25, 0.3) is 3.61 Å². The zero-order chi connectivity index (χ0) is 16.4. The van der Waals surface area contributed by atoms with Crippen molar-refractivity contribution in [2.45, 2.75) is 10.5 Å². The van der Waals surface area contributed by atoms with Gasteiger partial charge in [0.05, 0.1) is 23.3 Å². The molecular formula is C18H17INO3+. The largest absolute Gasteiger partial charge is 0.462 e. The molecule has 3 rings (SSSR count). The van der Waals surface area contributed by atoms with Crippen molar-refractivity contribution in [3.05, 3.63) is 77.6 Å². The monoisotopic (exact) mass is 422 g/mol. The predicted octanol–water partition coefficient (Wildman–Crippen LogP) is 3.48. The summed E-state index contributed by atoms with van der Waals surface area (Å²) in [5, 5.41) is 8.86. The van der Waals surface area contributed by atoms with Gasteiger partial charge in [0, 0.05) is 28.8 Å². The van der Waals surface area contributed by atoms with Crippen molar-refractivity contribution in [1.29, 1.82) is 0 Å². The lowest BCUT2D eigenvalue weighted by Crippen LogP contribution is -2.20. The first kappa shape index (κ1) is 16.0. The second-order valence-corrected chi connectivity index (χ2v) is 6.76. The number of benzene rings is 1. The third-order valence-electron chi connectivity index (χ3n) is 3.70. The number of hydrogen-bond donors (Lipinski definition) is 0. The van der Waals surface area contributed by atoms with Crippen LogP contribution in [-0.4, -0.2) is 22.1 Å². The Morgan fingerprint density at radius 1 is 1.22 bits per heavy atom. The highest BCUT2D eigenvalue weighted by Gasteiger charge is 2.37. The quantitative estimate of drug-likeness (QED) is 0.280. The number of pyridine rings is 1. The minimum atomic E-state index is -1.01. The minimum absolute atomic E-state index is 0.327. The van der Waals surface area contributed by atoms with Crippen molar-refractivity contribution in [3.8, 4) is 0 Å². The highest BCUT2D eigenvalue weighted by atomic mass is 127. The number of aromatic nitrogens is 1. The number of halogens is 1. The molecule has 4 nitrogen and oxygen atoms in total. The molecule has 1 aromatic carbocycles. The van der Waals surface area contributed by atoms with Gasteiger partial charge in [0.2, 0.25) is 0 Å². The highest BCUT2D eigenvalue weighted by molar-refractivity contribution is 14.1. The van der Waals surface area contributed by atoms with E-state index in [1.54, 1.807) is 13.0 Å². The predicted molar refractivity (Wildman–Crippen MR) is 98.2 cm³/mol. The molecule has 0 bridgehead atoms. The second-order valence-electron chi connectivity index (χ2n) is 5.14. The molecule has 2 N–H and O–H groups in total. The van der Waals surface area contributed by atoms with Gasteiger partial charge < -0.3 is 14.2 Å². The van der Waals surface area contributed by atoms with Crippen LogP contribution in [0.3, 0.4) is 0 Å². The number of alkyl halides is 1. The molecule has 2 aromatic heterocycles. The van der Waals surface area contributed by atoms with Crippen LogP contribution in [-0.2, 0) is 8.34 Å². The number of carbonyl (C=O) groups excluding carboxylic acids is 1. The molecule has 0 saturated carbocycles. The first-order valence-electron chi connectivity index (χ1n) is 7.33. The summed E-state index contributed by atoms with van der Waals surface area (Å²) in [6.45, 7) is 2.11. The van der Waals surface area contributed by atoms with Gasteiger partial charge in [0.1, 0.15) is 5.69 Å².